The van der Waals surface area contributed by atoms with E-state index in [-0.39, 0.29) is 25.5 Å². The van der Waals surface area contributed by atoms with Crippen molar-refractivity contribution >= 4 is 56.7 Å². The summed E-state index contributed by atoms with van der Waals surface area (Å²) in [6, 6.07) is 13.4. The van der Waals surface area contributed by atoms with E-state index in [1.54, 1.807) is 43.6 Å². The van der Waals surface area contributed by atoms with Gasteiger partial charge in [0.25, 0.3) is 0 Å². The summed E-state index contributed by atoms with van der Waals surface area (Å²) in [7, 11) is 3.77. The first-order valence-corrected chi connectivity index (χ1v) is 28.3. The van der Waals surface area contributed by atoms with Gasteiger partial charge in [-0.3, -0.25) is 4.90 Å². The van der Waals surface area contributed by atoms with E-state index in [9.17, 15) is 14.3 Å². The van der Waals surface area contributed by atoms with Crippen molar-refractivity contribution in [3.05, 3.63) is 98.8 Å². The van der Waals surface area contributed by atoms with E-state index in [4.69, 9.17) is 71.3 Å². The highest BCUT2D eigenvalue weighted by Gasteiger charge is 2.34. The molecular weight excluding hydrogens is 1060 g/mol. The van der Waals surface area contributed by atoms with Gasteiger partial charge >= 0.3 is 5.97 Å². The number of anilines is 1. The molecule has 0 spiro atoms. The van der Waals surface area contributed by atoms with Crippen molar-refractivity contribution in [3.63, 3.8) is 0 Å². The molecule has 2 saturated heterocycles. The van der Waals surface area contributed by atoms with Gasteiger partial charge in [0.05, 0.1) is 47.6 Å². The zero-order chi connectivity index (χ0) is 55.1. The second-order valence-corrected chi connectivity index (χ2v) is 23.1. The molecule has 0 saturated carbocycles. The van der Waals surface area contributed by atoms with Gasteiger partial charge < -0.3 is 48.1 Å². The number of hydrogen-bond acceptors (Lipinski definition) is 16. The molecule has 2 atom stereocenters. The molecular formula is C58H70Cl2FN7O9S. The van der Waals surface area contributed by atoms with Crippen molar-refractivity contribution in [3.8, 4) is 44.7 Å². The molecule has 7 heterocycles. The summed E-state index contributed by atoms with van der Waals surface area (Å²) in [5, 5.41) is 12.2. The van der Waals surface area contributed by atoms with Crippen LogP contribution in [0.25, 0.3) is 31.8 Å². The number of likely N-dealkylation sites (N-methyl/N-ethyl adjacent to an activating group) is 1. The van der Waals surface area contributed by atoms with Gasteiger partial charge in [0.2, 0.25) is 17.9 Å². The van der Waals surface area contributed by atoms with Crippen LogP contribution >= 0.6 is 34.5 Å². The first-order chi connectivity index (χ1) is 37.5. The molecule has 20 heteroatoms. The summed E-state index contributed by atoms with van der Waals surface area (Å²) in [4.78, 5) is 41.5. The number of benzene rings is 3. The number of carbonyl (C=O) groups is 1. The second-order valence-electron chi connectivity index (χ2n) is 21.3. The minimum Gasteiger partial charge on any atom is -0.490 e. The molecule has 2 fully saturated rings. The largest absolute Gasteiger partial charge is 0.490 e. The van der Waals surface area contributed by atoms with Crippen molar-refractivity contribution in [1.82, 2.24) is 29.7 Å². The number of ether oxygens (including phenoxy) is 7. The number of halogens is 3. The van der Waals surface area contributed by atoms with Crippen LogP contribution in [-0.4, -0.2) is 153 Å². The van der Waals surface area contributed by atoms with Crippen LogP contribution in [0.2, 0.25) is 10.0 Å². The zero-order valence-corrected chi connectivity index (χ0v) is 47.9. The lowest BCUT2D eigenvalue weighted by atomic mass is 9.91. The van der Waals surface area contributed by atoms with Gasteiger partial charge in [0.1, 0.15) is 47.3 Å². The Bertz CT molecular complexity index is 3010. The molecule has 1 N–H and O–H groups in total. The van der Waals surface area contributed by atoms with Gasteiger partial charge in [-0.25, -0.2) is 24.1 Å². The number of carboxylic acids is 1. The van der Waals surface area contributed by atoms with Gasteiger partial charge in [-0.15, -0.1) is 11.3 Å². The minimum atomic E-state index is -1.49. The molecule has 0 radical (unpaired) electrons. The summed E-state index contributed by atoms with van der Waals surface area (Å²) < 4.78 is 57.8. The maximum Gasteiger partial charge on any atom is 0.345 e. The zero-order valence-electron chi connectivity index (χ0n) is 45.5. The third-order valence-electron chi connectivity index (χ3n) is 14.5. The number of rotatable bonds is 17. The van der Waals surface area contributed by atoms with E-state index in [1.165, 1.54) is 23.5 Å². The highest BCUT2D eigenvalue weighted by molar-refractivity contribution is 7.22. The normalized spacial score (nSPS) is 17.9. The highest BCUT2D eigenvalue weighted by atomic mass is 35.5. The predicted octanol–water partition coefficient (Wildman–Crippen LogP) is 10.5. The Morgan fingerprint density at radius 2 is 1.58 bits per heavy atom. The highest BCUT2D eigenvalue weighted by Crippen LogP contribution is 2.53. The fourth-order valence-electron chi connectivity index (χ4n) is 10.0. The van der Waals surface area contributed by atoms with E-state index in [0.717, 1.165) is 58.5 Å². The predicted molar refractivity (Wildman–Crippen MR) is 302 cm³/mol. The van der Waals surface area contributed by atoms with E-state index in [0.29, 0.717) is 139 Å². The van der Waals surface area contributed by atoms with Crippen LogP contribution in [0, 0.1) is 25.6 Å². The first-order valence-electron chi connectivity index (χ1n) is 26.7. The van der Waals surface area contributed by atoms with Crippen LogP contribution in [0.5, 0.6) is 23.1 Å². The number of carboxylic acid groups (broad SMARTS) is 1. The third kappa shape index (κ3) is 13.8. The number of nitrogens with zero attached hydrogens (tertiary/aromatic N) is 7. The lowest BCUT2D eigenvalue weighted by molar-refractivity contribution is -0.145. The molecule has 78 heavy (non-hydrogen) atoms. The van der Waals surface area contributed by atoms with Gasteiger partial charge in [0.15, 0.2) is 5.75 Å². The molecule has 4 aliphatic heterocycles. The SMILES string of the molecule is COCCOCCOCCC1CCN(c2nccc(COc3ccc4cc3C[C@H](C(=O)O)Oc3nc(C(C)(C)C)nc5sc(-c6ccc(F)cc6)c(c35)-c3c(C)c(Cl)c(c(Cl)c3C)O[C@H](CN3CCN(C)CC3)CO4)n2)CC1. The molecule has 418 valence electrons. The van der Waals surface area contributed by atoms with Crippen molar-refractivity contribution in [1.29, 1.82) is 0 Å². The average Bonchev–Trinajstić information content (AvgIpc) is 3.87. The van der Waals surface area contributed by atoms with Crippen LogP contribution in [0.15, 0.2) is 54.7 Å². The van der Waals surface area contributed by atoms with Crippen LogP contribution in [-0.2, 0) is 37.4 Å². The quantitative estimate of drug-likeness (QED) is 0.0858. The maximum absolute atomic E-state index is 14.6. The summed E-state index contributed by atoms with van der Waals surface area (Å²) in [5.74, 6) is 1.25. The Balaban J connectivity index is 1.06. The van der Waals surface area contributed by atoms with E-state index >= 15 is 0 Å². The molecule has 3 aromatic heterocycles. The van der Waals surface area contributed by atoms with Crippen LogP contribution in [0.4, 0.5) is 10.3 Å². The topological polar surface area (TPSA) is 163 Å². The summed E-state index contributed by atoms with van der Waals surface area (Å²) in [6.45, 7) is 18.5. The van der Waals surface area contributed by atoms with E-state index < -0.39 is 29.4 Å². The number of piperazine rings is 1. The number of aromatic nitrogens is 4. The second kappa shape index (κ2) is 25.8. The average molecular weight is 1130 g/mol. The fraction of sp³-hybridized carbons (Fsp3) is 0.500. The number of methoxy groups -OCH3 is 1. The van der Waals surface area contributed by atoms with Crippen LogP contribution in [0.3, 0.4) is 0 Å². The fourth-order valence-corrected chi connectivity index (χ4v) is 11.7. The van der Waals surface area contributed by atoms with Crippen molar-refractivity contribution in [2.75, 3.05) is 105 Å². The Hall–Kier alpha value is -5.44. The third-order valence-corrected chi connectivity index (χ3v) is 16.6. The Morgan fingerprint density at radius 1 is 0.872 bits per heavy atom. The van der Waals surface area contributed by atoms with Gasteiger partial charge in [-0.1, -0.05) is 56.1 Å². The van der Waals surface area contributed by atoms with E-state index in [2.05, 4.69) is 26.7 Å². The number of hydrogen-bond donors (Lipinski definition) is 1. The molecule has 4 aliphatic rings. The summed E-state index contributed by atoms with van der Waals surface area (Å²) in [5.41, 5.74) is 3.88. The maximum atomic E-state index is 14.6. The molecule has 0 unspecified atom stereocenters. The molecule has 10 rings (SSSR count). The van der Waals surface area contributed by atoms with Crippen LogP contribution in [0.1, 0.15) is 68.2 Å². The molecule has 0 amide bonds. The van der Waals surface area contributed by atoms with Crippen molar-refractivity contribution < 1.29 is 47.4 Å². The van der Waals surface area contributed by atoms with Crippen molar-refractivity contribution in [2.24, 2.45) is 5.92 Å². The molecule has 16 nitrogen and oxygen atoms in total. The molecule has 6 aromatic rings. The van der Waals surface area contributed by atoms with E-state index in [1.807, 2.05) is 40.7 Å². The van der Waals surface area contributed by atoms with Gasteiger partial charge in [-0.05, 0) is 105 Å². The minimum absolute atomic E-state index is 0.0557. The molecule has 0 aliphatic carbocycles. The Labute approximate surface area is 470 Å². The molecule has 4 bridgehead atoms. The number of fused-ring (bicyclic) bond motifs is 7. The number of piperidine rings is 1. The van der Waals surface area contributed by atoms with Crippen LogP contribution < -0.4 is 23.8 Å². The lowest BCUT2D eigenvalue weighted by Gasteiger charge is -2.35. The van der Waals surface area contributed by atoms with Gasteiger partial charge in [0, 0.05) is 93.6 Å². The van der Waals surface area contributed by atoms with Gasteiger partial charge in [-0.2, -0.15) is 4.98 Å². The number of thiophene rings is 1. The number of aliphatic carboxylic acids is 1. The summed E-state index contributed by atoms with van der Waals surface area (Å²) >= 11 is 16.2. The lowest BCUT2D eigenvalue weighted by Crippen LogP contribution is -2.49. The summed E-state index contributed by atoms with van der Waals surface area (Å²) in [6.07, 6.45) is 2.54. The van der Waals surface area contributed by atoms with Crippen molar-refractivity contribution in [2.45, 2.75) is 84.5 Å². The Morgan fingerprint density at radius 3 is 2.27 bits per heavy atom. The standard InChI is InChI=1S/C58H70Cl2FN7O9S/c1-35-46-36(2)50(60)51(49(35)59)76-43(32-67-23-21-66(6)22-24-67)34-74-42-12-13-44(75-33-41-14-18-62-57(63-41)68-19-15-37(16-20-68)17-25-72-28-29-73-27-26-71-7)39(30-42)31-45(55(69)70)77-53-48-47(46)52(38-8-10-40(61)11-9-38)78-54(48)65-56(64-53)58(3,4)5/h8-14,18,30,37,43,45H,15-17,19-29,31-34H2,1-7H3,(H,69,70)/t43-,45-/m1/s1. The Kier molecular flexibility index (Phi) is 18.9. The molecule has 3 aromatic carbocycles. The smallest absolute Gasteiger partial charge is 0.345 e. The monoisotopic (exact) mass is 1130 g/mol. The first kappa shape index (κ1) is 57.3.